The van der Waals surface area contributed by atoms with Gasteiger partial charge in [0.2, 0.25) is 5.91 Å². The molecule has 0 saturated heterocycles. The molecule has 146 valence electrons. The van der Waals surface area contributed by atoms with Crippen molar-refractivity contribution in [1.82, 2.24) is 9.88 Å². The van der Waals surface area contributed by atoms with Gasteiger partial charge in [-0.1, -0.05) is 27.7 Å². The summed E-state index contributed by atoms with van der Waals surface area (Å²) in [5.74, 6) is -0.307. The quantitative estimate of drug-likeness (QED) is 0.798. The SMILES string of the molecule is CCCNC(=O)Cn1c(=CC(=O)C(C)(C)C)sc(=Cc2ccc(C)s2)c1=O. The highest BCUT2D eigenvalue weighted by molar-refractivity contribution is 7.13. The van der Waals surface area contributed by atoms with Gasteiger partial charge in [0, 0.05) is 27.8 Å². The zero-order valence-corrected chi connectivity index (χ0v) is 18.1. The van der Waals surface area contributed by atoms with Crippen LogP contribution >= 0.6 is 22.7 Å². The molecular weight excluding hydrogens is 380 g/mol. The van der Waals surface area contributed by atoms with Crippen LogP contribution in [0, 0.1) is 12.3 Å². The Labute approximate surface area is 167 Å². The van der Waals surface area contributed by atoms with Crippen molar-refractivity contribution in [3.8, 4) is 0 Å². The number of nitrogens with one attached hydrogen (secondary N) is 1. The van der Waals surface area contributed by atoms with Crippen molar-refractivity contribution >= 4 is 46.5 Å². The van der Waals surface area contributed by atoms with E-state index in [0.717, 1.165) is 16.2 Å². The summed E-state index contributed by atoms with van der Waals surface area (Å²) in [5, 5.41) is 2.78. The number of Topliss-reactive ketones (excluding diaryl/α,β-unsaturated/α-hetero) is 1. The standard InChI is InChI=1S/C20H26N2O3S2/c1-6-9-21-17(24)12-22-18(11-16(23)20(3,4)5)27-15(19(22)25)10-14-8-7-13(2)26-14/h7-8,10-11H,6,9,12H2,1-5H3,(H,21,24). The molecule has 0 unspecified atom stereocenters. The number of aromatic nitrogens is 1. The molecule has 2 rings (SSSR count). The van der Waals surface area contributed by atoms with Gasteiger partial charge in [-0.25, -0.2) is 0 Å². The number of amides is 1. The number of ketones is 1. The fraction of sp³-hybridized carbons (Fsp3) is 0.450. The number of carbonyl (C=O) groups is 2. The summed E-state index contributed by atoms with van der Waals surface area (Å²) in [6.07, 6.45) is 4.13. The van der Waals surface area contributed by atoms with E-state index in [4.69, 9.17) is 0 Å². The summed E-state index contributed by atoms with van der Waals surface area (Å²) in [4.78, 5) is 39.6. The zero-order chi connectivity index (χ0) is 20.2. The van der Waals surface area contributed by atoms with Crippen molar-refractivity contribution in [3.05, 3.63) is 41.4 Å². The fourth-order valence-corrected chi connectivity index (χ4v) is 4.17. The predicted molar refractivity (Wildman–Crippen MR) is 113 cm³/mol. The summed E-state index contributed by atoms with van der Waals surface area (Å²) in [5.41, 5.74) is -0.796. The van der Waals surface area contributed by atoms with E-state index in [2.05, 4.69) is 5.32 Å². The average molecular weight is 407 g/mol. The highest BCUT2D eigenvalue weighted by atomic mass is 32.1. The molecule has 5 nitrogen and oxygen atoms in total. The first-order chi connectivity index (χ1) is 12.6. The molecule has 0 spiro atoms. The summed E-state index contributed by atoms with van der Waals surface area (Å²) in [6.45, 7) is 9.94. The number of rotatable bonds is 6. The normalized spacial score (nSPS) is 13.2. The van der Waals surface area contributed by atoms with Gasteiger partial charge in [-0.2, -0.15) is 0 Å². The monoisotopic (exact) mass is 406 g/mol. The molecule has 1 N–H and O–H groups in total. The van der Waals surface area contributed by atoms with Crippen LogP contribution in [0.4, 0.5) is 0 Å². The van der Waals surface area contributed by atoms with Gasteiger partial charge in [0.1, 0.15) is 11.2 Å². The number of aryl methyl sites for hydroxylation is 1. The molecule has 0 atom stereocenters. The molecule has 0 bridgehead atoms. The number of hydrogen-bond acceptors (Lipinski definition) is 5. The molecule has 2 aromatic heterocycles. The Morgan fingerprint density at radius 2 is 1.93 bits per heavy atom. The second kappa shape index (κ2) is 8.80. The topological polar surface area (TPSA) is 68.2 Å². The molecule has 0 aliphatic carbocycles. The first-order valence-electron chi connectivity index (χ1n) is 8.92. The summed E-state index contributed by atoms with van der Waals surface area (Å²) in [6, 6.07) is 3.96. The molecule has 0 radical (unpaired) electrons. The van der Waals surface area contributed by atoms with E-state index in [1.807, 2.05) is 52.8 Å². The van der Waals surface area contributed by atoms with Crippen LogP contribution in [0.3, 0.4) is 0 Å². The molecule has 2 aromatic rings. The van der Waals surface area contributed by atoms with Crippen LogP contribution in [0.15, 0.2) is 16.9 Å². The molecule has 0 aliphatic rings. The van der Waals surface area contributed by atoms with Gasteiger partial charge in [-0.3, -0.25) is 19.0 Å². The smallest absolute Gasteiger partial charge is 0.269 e. The maximum absolute atomic E-state index is 12.9. The minimum atomic E-state index is -0.552. The Morgan fingerprint density at radius 1 is 1.22 bits per heavy atom. The number of thiophene rings is 1. The van der Waals surface area contributed by atoms with Gasteiger partial charge in [0.05, 0.1) is 4.53 Å². The minimum absolute atomic E-state index is 0.0787. The van der Waals surface area contributed by atoms with Crippen LogP contribution in [0.5, 0.6) is 0 Å². The van der Waals surface area contributed by atoms with Gasteiger partial charge >= 0.3 is 0 Å². The van der Waals surface area contributed by atoms with E-state index in [0.29, 0.717) is 15.7 Å². The first kappa shape index (κ1) is 21.3. The van der Waals surface area contributed by atoms with E-state index in [1.54, 1.807) is 11.3 Å². The zero-order valence-electron chi connectivity index (χ0n) is 16.4. The van der Waals surface area contributed by atoms with Crippen LogP contribution in [0.25, 0.3) is 12.2 Å². The van der Waals surface area contributed by atoms with Crippen LogP contribution in [0.1, 0.15) is 43.9 Å². The van der Waals surface area contributed by atoms with E-state index < -0.39 is 5.41 Å². The number of carbonyl (C=O) groups excluding carboxylic acids is 2. The van der Waals surface area contributed by atoms with Crippen molar-refractivity contribution < 1.29 is 9.59 Å². The van der Waals surface area contributed by atoms with Gasteiger partial charge in [0.25, 0.3) is 5.56 Å². The molecule has 0 aromatic carbocycles. The lowest BCUT2D eigenvalue weighted by molar-refractivity contribution is -0.122. The third kappa shape index (κ3) is 5.74. The second-order valence-corrected chi connectivity index (χ2v) is 9.78. The molecule has 27 heavy (non-hydrogen) atoms. The molecule has 2 heterocycles. The lowest BCUT2D eigenvalue weighted by atomic mass is 9.91. The van der Waals surface area contributed by atoms with Crippen LogP contribution in [-0.4, -0.2) is 22.8 Å². The van der Waals surface area contributed by atoms with E-state index in [-0.39, 0.29) is 23.8 Å². The summed E-state index contributed by atoms with van der Waals surface area (Å²) in [7, 11) is 0. The molecule has 0 saturated carbocycles. The van der Waals surface area contributed by atoms with Crippen molar-refractivity contribution in [2.75, 3.05) is 6.54 Å². The minimum Gasteiger partial charge on any atom is -0.355 e. The van der Waals surface area contributed by atoms with E-state index in [9.17, 15) is 14.4 Å². The van der Waals surface area contributed by atoms with Gasteiger partial charge in [-0.05, 0) is 31.6 Å². The van der Waals surface area contributed by atoms with Crippen LogP contribution in [-0.2, 0) is 16.1 Å². The molecular formula is C20H26N2O3S2. The summed E-state index contributed by atoms with van der Waals surface area (Å²) < 4.78 is 2.42. The van der Waals surface area contributed by atoms with Gasteiger partial charge in [0.15, 0.2) is 5.78 Å². The fourth-order valence-electron chi connectivity index (χ4n) is 2.25. The Hall–Kier alpha value is -1.99. The Kier molecular flexibility index (Phi) is 6.95. The first-order valence-corrected chi connectivity index (χ1v) is 10.6. The Morgan fingerprint density at radius 3 is 2.48 bits per heavy atom. The lowest BCUT2D eigenvalue weighted by Crippen LogP contribution is -2.38. The highest BCUT2D eigenvalue weighted by Crippen LogP contribution is 2.16. The maximum Gasteiger partial charge on any atom is 0.269 e. The Bertz CT molecular complexity index is 1000. The predicted octanol–water partition coefficient (Wildman–Crippen LogP) is 2.03. The van der Waals surface area contributed by atoms with E-state index >= 15 is 0 Å². The molecule has 1 amide bonds. The van der Waals surface area contributed by atoms with Crippen molar-refractivity contribution in [2.24, 2.45) is 5.41 Å². The van der Waals surface area contributed by atoms with Crippen LogP contribution < -0.4 is 20.1 Å². The maximum atomic E-state index is 12.9. The third-order valence-electron chi connectivity index (χ3n) is 3.84. The Balaban J connectivity index is 2.56. The molecule has 7 heteroatoms. The van der Waals surface area contributed by atoms with Gasteiger partial charge < -0.3 is 5.32 Å². The van der Waals surface area contributed by atoms with E-state index in [1.165, 1.54) is 22.0 Å². The highest BCUT2D eigenvalue weighted by Gasteiger charge is 2.20. The van der Waals surface area contributed by atoms with Crippen LogP contribution in [0.2, 0.25) is 0 Å². The second-order valence-electron chi connectivity index (χ2n) is 7.40. The number of thiazole rings is 1. The van der Waals surface area contributed by atoms with Gasteiger partial charge in [-0.15, -0.1) is 22.7 Å². The molecule has 0 aliphatic heterocycles. The van der Waals surface area contributed by atoms with Crippen molar-refractivity contribution in [1.29, 1.82) is 0 Å². The lowest BCUT2D eigenvalue weighted by Gasteiger charge is -2.12. The summed E-state index contributed by atoms with van der Waals surface area (Å²) >= 11 is 2.84. The third-order valence-corrected chi connectivity index (χ3v) is 5.85. The number of hydrogen-bond donors (Lipinski definition) is 1. The van der Waals surface area contributed by atoms with Crippen molar-refractivity contribution in [3.63, 3.8) is 0 Å². The molecule has 0 fully saturated rings. The van der Waals surface area contributed by atoms with Crippen molar-refractivity contribution in [2.45, 2.75) is 47.6 Å². The average Bonchev–Trinajstić information content (AvgIpc) is 3.10. The number of nitrogens with zero attached hydrogens (tertiary/aromatic N) is 1. The largest absolute Gasteiger partial charge is 0.355 e.